The van der Waals surface area contributed by atoms with Gasteiger partial charge in [0.25, 0.3) is 0 Å². The van der Waals surface area contributed by atoms with Gasteiger partial charge in [-0.3, -0.25) is 9.69 Å². The summed E-state index contributed by atoms with van der Waals surface area (Å²) in [5, 5.41) is 6.58. The first-order chi connectivity index (χ1) is 10.2. The maximum absolute atomic E-state index is 12.3. The minimum Gasteiger partial charge on any atom is -0.324 e. The second-order valence-corrected chi connectivity index (χ2v) is 6.77. The molecule has 0 aromatic heterocycles. The molecule has 1 amide bonds. The van der Waals surface area contributed by atoms with Crippen molar-refractivity contribution in [3.8, 4) is 0 Å². The first-order valence-electron chi connectivity index (χ1n) is 7.76. The fourth-order valence-corrected chi connectivity index (χ4v) is 3.86. The number of likely N-dealkylation sites (tertiary alicyclic amines) is 1. The van der Waals surface area contributed by atoms with E-state index in [1.54, 1.807) is 0 Å². The summed E-state index contributed by atoms with van der Waals surface area (Å²) in [6, 6.07) is 8.84. The van der Waals surface area contributed by atoms with E-state index in [1.165, 1.54) is 25.7 Å². The molecule has 0 saturated carbocycles. The monoisotopic (exact) mass is 351 g/mol. The smallest absolute Gasteiger partial charge is 0.238 e. The number of hydrogen-bond donors (Lipinski definition) is 2. The SMILES string of the molecule is O=C(CN1CCCC1C1CCCN1)Nc1ccccc1Br. The Labute approximate surface area is 134 Å². The summed E-state index contributed by atoms with van der Waals surface area (Å²) in [7, 11) is 0. The molecule has 1 aromatic rings. The average Bonchev–Trinajstić information content (AvgIpc) is 3.11. The summed E-state index contributed by atoms with van der Waals surface area (Å²) in [6.45, 7) is 2.65. The zero-order valence-electron chi connectivity index (χ0n) is 12.1. The van der Waals surface area contributed by atoms with Gasteiger partial charge in [0, 0.05) is 16.6 Å². The molecule has 2 aliphatic heterocycles. The van der Waals surface area contributed by atoms with Crippen LogP contribution >= 0.6 is 15.9 Å². The largest absolute Gasteiger partial charge is 0.324 e. The molecule has 2 atom stereocenters. The van der Waals surface area contributed by atoms with Crippen LogP contribution in [0.5, 0.6) is 0 Å². The second kappa shape index (κ2) is 6.90. The van der Waals surface area contributed by atoms with Crippen LogP contribution in [0, 0.1) is 0 Å². The van der Waals surface area contributed by atoms with Gasteiger partial charge in [-0.15, -0.1) is 0 Å². The predicted molar refractivity (Wildman–Crippen MR) is 88.4 cm³/mol. The van der Waals surface area contributed by atoms with Crippen molar-refractivity contribution in [2.75, 3.05) is 25.0 Å². The van der Waals surface area contributed by atoms with E-state index in [0.29, 0.717) is 18.6 Å². The molecule has 0 radical (unpaired) electrons. The average molecular weight is 352 g/mol. The molecule has 3 rings (SSSR count). The number of amides is 1. The number of halogens is 1. The van der Waals surface area contributed by atoms with Gasteiger partial charge in [-0.1, -0.05) is 12.1 Å². The van der Waals surface area contributed by atoms with Crippen LogP contribution in [0.2, 0.25) is 0 Å². The van der Waals surface area contributed by atoms with Crippen molar-refractivity contribution in [3.05, 3.63) is 28.7 Å². The van der Waals surface area contributed by atoms with Crippen LogP contribution in [0.15, 0.2) is 28.7 Å². The van der Waals surface area contributed by atoms with E-state index < -0.39 is 0 Å². The Morgan fingerprint density at radius 1 is 1.33 bits per heavy atom. The van der Waals surface area contributed by atoms with Gasteiger partial charge in [0.05, 0.1) is 12.2 Å². The minimum absolute atomic E-state index is 0.0757. The van der Waals surface area contributed by atoms with Crippen LogP contribution in [0.25, 0.3) is 0 Å². The molecule has 2 unspecified atom stereocenters. The number of carbonyl (C=O) groups excluding carboxylic acids is 1. The molecule has 0 bridgehead atoms. The molecule has 2 N–H and O–H groups in total. The van der Waals surface area contributed by atoms with Crippen LogP contribution in [0.3, 0.4) is 0 Å². The van der Waals surface area contributed by atoms with Gasteiger partial charge in [-0.2, -0.15) is 0 Å². The molecule has 2 aliphatic rings. The highest BCUT2D eigenvalue weighted by molar-refractivity contribution is 9.10. The number of anilines is 1. The second-order valence-electron chi connectivity index (χ2n) is 5.91. The highest BCUT2D eigenvalue weighted by Gasteiger charge is 2.33. The van der Waals surface area contributed by atoms with E-state index in [9.17, 15) is 4.79 Å². The molecule has 2 saturated heterocycles. The summed E-state index contributed by atoms with van der Waals surface area (Å²) in [4.78, 5) is 14.6. The number of nitrogens with zero attached hydrogens (tertiary/aromatic N) is 1. The van der Waals surface area contributed by atoms with Gasteiger partial charge in [0.1, 0.15) is 0 Å². The molecule has 0 spiro atoms. The van der Waals surface area contributed by atoms with E-state index >= 15 is 0 Å². The molecule has 4 nitrogen and oxygen atoms in total. The van der Waals surface area contributed by atoms with E-state index in [1.807, 2.05) is 24.3 Å². The highest BCUT2D eigenvalue weighted by atomic mass is 79.9. The lowest BCUT2D eigenvalue weighted by Crippen LogP contribution is -2.46. The van der Waals surface area contributed by atoms with Gasteiger partial charge in [-0.25, -0.2) is 0 Å². The number of nitrogens with one attached hydrogen (secondary N) is 2. The molecular formula is C16H22BrN3O. The number of rotatable bonds is 4. The predicted octanol–water partition coefficient (Wildman–Crippen LogP) is 2.60. The van der Waals surface area contributed by atoms with E-state index in [-0.39, 0.29) is 5.91 Å². The van der Waals surface area contributed by atoms with Crippen molar-refractivity contribution >= 4 is 27.5 Å². The van der Waals surface area contributed by atoms with Crippen molar-refractivity contribution in [3.63, 3.8) is 0 Å². The van der Waals surface area contributed by atoms with Crippen LogP contribution in [-0.4, -0.2) is 42.5 Å². The van der Waals surface area contributed by atoms with Crippen molar-refractivity contribution < 1.29 is 4.79 Å². The van der Waals surface area contributed by atoms with Crippen LogP contribution < -0.4 is 10.6 Å². The van der Waals surface area contributed by atoms with Gasteiger partial charge < -0.3 is 10.6 Å². The number of carbonyl (C=O) groups is 1. The van der Waals surface area contributed by atoms with Crippen LogP contribution in [-0.2, 0) is 4.79 Å². The fraction of sp³-hybridized carbons (Fsp3) is 0.562. The normalized spacial score (nSPS) is 26.1. The summed E-state index contributed by atoms with van der Waals surface area (Å²) < 4.78 is 0.925. The Balaban J connectivity index is 1.57. The maximum atomic E-state index is 12.3. The Bertz CT molecular complexity index is 502. The zero-order valence-corrected chi connectivity index (χ0v) is 13.7. The Morgan fingerprint density at radius 3 is 2.95 bits per heavy atom. The lowest BCUT2D eigenvalue weighted by Gasteiger charge is -2.29. The minimum atomic E-state index is 0.0757. The van der Waals surface area contributed by atoms with Crippen molar-refractivity contribution in [1.29, 1.82) is 0 Å². The molecule has 1 aromatic carbocycles. The van der Waals surface area contributed by atoms with Crippen LogP contribution in [0.1, 0.15) is 25.7 Å². The molecular weight excluding hydrogens is 330 g/mol. The van der Waals surface area contributed by atoms with E-state index in [0.717, 1.165) is 23.2 Å². The standard InChI is InChI=1S/C16H22BrN3O/c17-12-5-1-2-6-13(12)19-16(21)11-20-10-4-8-15(20)14-7-3-9-18-14/h1-2,5-6,14-15,18H,3-4,7-11H2,(H,19,21). The quantitative estimate of drug-likeness (QED) is 0.876. The Hall–Kier alpha value is -0.910. The van der Waals surface area contributed by atoms with Gasteiger partial charge in [-0.05, 0) is 66.8 Å². The Kier molecular flexibility index (Phi) is 4.93. The summed E-state index contributed by atoms with van der Waals surface area (Å²) in [5.74, 6) is 0.0757. The zero-order chi connectivity index (χ0) is 14.7. The lowest BCUT2D eigenvalue weighted by atomic mass is 10.0. The van der Waals surface area contributed by atoms with Crippen molar-refractivity contribution in [2.45, 2.75) is 37.8 Å². The van der Waals surface area contributed by atoms with Gasteiger partial charge in [0.15, 0.2) is 0 Å². The number of benzene rings is 1. The molecule has 2 fully saturated rings. The van der Waals surface area contributed by atoms with Crippen molar-refractivity contribution in [1.82, 2.24) is 10.2 Å². The van der Waals surface area contributed by atoms with Gasteiger partial charge in [0.2, 0.25) is 5.91 Å². The third kappa shape index (κ3) is 3.65. The fourth-order valence-electron chi connectivity index (χ4n) is 3.48. The number of hydrogen-bond acceptors (Lipinski definition) is 3. The molecule has 21 heavy (non-hydrogen) atoms. The summed E-state index contributed by atoms with van der Waals surface area (Å²) in [6.07, 6.45) is 4.91. The first-order valence-corrected chi connectivity index (χ1v) is 8.55. The molecule has 2 heterocycles. The third-order valence-corrected chi connectivity index (χ3v) is 5.16. The van der Waals surface area contributed by atoms with Crippen molar-refractivity contribution in [2.24, 2.45) is 0 Å². The number of para-hydroxylation sites is 1. The first kappa shape index (κ1) is 15.0. The summed E-state index contributed by atoms with van der Waals surface area (Å²) >= 11 is 3.46. The van der Waals surface area contributed by atoms with Crippen LogP contribution in [0.4, 0.5) is 5.69 Å². The molecule has 0 aliphatic carbocycles. The third-order valence-electron chi connectivity index (χ3n) is 4.47. The van der Waals surface area contributed by atoms with Gasteiger partial charge >= 0.3 is 0 Å². The van der Waals surface area contributed by atoms with E-state index in [4.69, 9.17) is 0 Å². The maximum Gasteiger partial charge on any atom is 0.238 e. The molecule has 5 heteroatoms. The lowest BCUT2D eigenvalue weighted by molar-refractivity contribution is -0.117. The highest BCUT2D eigenvalue weighted by Crippen LogP contribution is 2.25. The topological polar surface area (TPSA) is 44.4 Å². The molecule has 114 valence electrons. The van der Waals surface area contributed by atoms with E-state index in [2.05, 4.69) is 31.5 Å². The summed E-state index contributed by atoms with van der Waals surface area (Å²) in [5.41, 5.74) is 0.845. The Morgan fingerprint density at radius 2 is 2.19 bits per heavy atom.